The number of carbonyl (C=O) groups excluding carboxylic acids is 1. The molecule has 0 atom stereocenters. The zero-order chi connectivity index (χ0) is 18.4. The van der Waals surface area contributed by atoms with Crippen molar-refractivity contribution in [3.63, 3.8) is 0 Å². The Morgan fingerprint density at radius 1 is 1.08 bits per heavy atom. The van der Waals surface area contributed by atoms with Crippen LogP contribution < -0.4 is 4.74 Å². The van der Waals surface area contributed by atoms with E-state index >= 15 is 0 Å². The molecular weight excluding hydrogens is 326 g/mol. The van der Waals surface area contributed by atoms with Gasteiger partial charge in [-0.3, -0.25) is 4.79 Å². The van der Waals surface area contributed by atoms with Gasteiger partial charge in [-0.05, 0) is 67.1 Å². The smallest absolute Gasteiger partial charge is 0.253 e. The summed E-state index contributed by atoms with van der Waals surface area (Å²) < 4.78 is 5.66. The van der Waals surface area contributed by atoms with E-state index in [-0.39, 0.29) is 5.91 Å². The van der Waals surface area contributed by atoms with Crippen LogP contribution in [0.5, 0.6) is 11.5 Å². The summed E-state index contributed by atoms with van der Waals surface area (Å²) in [5.41, 5.74) is 1.96. The number of phenolic OH excluding ortho intramolecular Hbond substituents is 1. The van der Waals surface area contributed by atoms with Crippen molar-refractivity contribution in [3.8, 4) is 11.5 Å². The van der Waals surface area contributed by atoms with Crippen molar-refractivity contribution in [3.05, 3.63) is 59.7 Å². The maximum Gasteiger partial charge on any atom is 0.253 e. The molecule has 0 radical (unpaired) electrons. The summed E-state index contributed by atoms with van der Waals surface area (Å²) in [7, 11) is 0. The highest BCUT2D eigenvalue weighted by Crippen LogP contribution is 2.29. The third kappa shape index (κ3) is 4.57. The van der Waals surface area contributed by atoms with Crippen LogP contribution in [0.1, 0.15) is 54.4 Å². The molecule has 1 N–H and O–H groups in total. The van der Waals surface area contributed by atoms with Gasteiger partial charge in [0.2, 0.25) is 0 Å². The molecule has 4 heteroatoms. The fraction of sp³-hybridized carbons (Fsp3) is 0.409. The van der Waals surface area contributed by atoms with Gasteiger partial charge in [-0.2, -0.15) is 0 Å². The van der Waals surface area contributed by atoms with E-state index in [1.165, 1.54) is 5.56 Å². The van der Waals surface area contributed by atoms with E-state index < -0.39 is 0 Å². The first kappa shape index (κ1) is 18.3. The van der Waals surface area contributed by atoms with Gasteiger partial charge in [0.1, 0.15) is 11.5 Å². The number of benzene rings is 2. The predicted molar refractivity (Wildman–Crippen MR) is 103 cm³/mol. The molecule has 1 fully saturated rings. The van der Waals surface area contributed by atoms with Gasteiger partial charge in [0, 0.05) is 18.7 Å². The van der Waals surface area contributed by atoms with Gasteiger partial charge in [-0.15, -0.1) is 0 Å². The van der Waals surface area contributed by atoms with Gasteiger partial charge in [-0.1, -0.05) is 25.5 Å². The monoisotopic (exact) mass is 353 g/mol. The number of amides is 1. The molecule has 0 aliphatic carbocycles. The van der Waals surface area contributed by atoms with Gasteiger partial charge >= 0.3 is 0 Å². The van der Waals surface area contributed by atoms with Crippen LogP contribution in [0.2, 0.25) is 0 Å². The van der Waals surface area contributed by atoms with E-state index in [0.717, 1.165) is 50.1 Å². The zero-order valence-electron chi connectivity index (χ0n) is 15.4. The lowest BCUT2D eigenvalue weighted by atomic mass is 9.89. The number of rotatable bonds is 6. The largest absolute Gasteiger partial charge is 0.508 e. The van der Waals surface area contributed by atoms with Crippen LogP contribution in [-0.2, 0) is 0 Å². The molecule has 0 aromatic heterocycles. The Kier molecular flexibility index (Phi) is 6.16. The van der Waals surface area contributed by atoms with Crippen molar-refractivity contribution in [2.24, 2.45) is 0 Å². The second kappa shape index (κ2) is 8.75. The lowest BCUT2D eigenvalue weighted by Crippen LogP contribution is -2.37. The Bertz CT molecular complexity index is 701. The van der Waals surface area contributed by atoms with Gasteiger partial charge < -0.3 is 14.7 Å². The average molecular weight is 353 g/mol. The fourth-order valence-corrected chi connectivity index (χ4v) is 3.37. The molecule has 26 heavy (non-hydrogen) atoms. The molecular formula is C22H27NO3. The van der Waals surface area contributed by atoms with Gasteiger partial charge in [-0.25, -0.2) is 0 Å². The second-order valence-corrected chi connectivity index (χ2v) is 6.88. The second-order valence-electron chi connectivity index (χ2n) is 6.88. The highest BCUT2D eigenvalue weighted by molar-refractivity contribution is 5.94. The number of unbranched alkanes of at least 4 members (excludes halogenated alkanes) is 1. The molecule has 4 nitrogen and oxygen atoms in total. The molecule has 0 bridgehead atoms. The third-order valence-corrected chi connectivity index (χ3v) is 5.01. The third-order valence-electron chi connectivity index (χ3n) is 5.01. The predicted octanol–water partition coefficient (Wildman–Crippen LogP) is 4.59. The molecule has 0 spiro atoms. The molecule has 1 saturated heterocycles. The van der Waals surface area contributed by atoms with Crippen LogP contribution in [0.4, 0.5) is 0 Å². The molecule has 138 valence electrons. The molecule has 1 aliphatic heterocycles. The summed E-state index contributed by atoms with van der Waals surface area (Å²) in [6, 6.07) is 14.9. The molecule has 1 heterocycles. The van der Waals surface area contributed by atoms with Gasteiger partial charge in [0.15, 0.2) is 0 Å². The number of piperidine rings is 1. The SMILES string of the molecule is CCCCOc1ccc(C(=O)N2CCC(c3ccc(O)cc3)CC2)cc1. The quantitative estimate of drug-likeness (QED) is 0.773. The highest BCUT2D eigenvalue weighted by Gasteiger charge is 2.24. The summed E-state index contributed by atoms with van der Waals surface area (Å²) in [5.74, 6) is 1.66. The number of ether oxygens (including phenoxy) is 1. The maximum atomic E-state index is 12.7. The number of carbonyl (C=O) groups is 1. The average Bonchev–Trinajstić information content (AvgIpc) is 2.69. The van der Waals surface area contributed by atoms with Crippen molar-refractivity contribution >= 4 is 5.91 Å². The summed E-state index contributed by atoms with van der Waals surface area (Å²) in [4.78, 5) is 14.6. The normalized spacial score (nSPS) is 15.0. The maximum absolute atomic E-state index is 12.7. The number of hydrogen-bond donors (Lipinski definition) is 1. The minimum Gasteiger partial charge on any atom is -0.508 e. The Morgan fingerprint density at radius 3 is 2.35 bits per heavy atom. The Balaban J connectivity index is 1.53. The van der Waals surface area contributed by atoms with E-state index in [1.807, 2.05) is 41.3 Å². The molecule has 1 amide bonds. The fourth-order valence-electron chi connectivity index (χ4n) is 3.37. The molecule has 3 rings (SSSR count). The van der Waals surface area contributed by atoms with E-state index in [4.69, 9.17) is 4.74 Å². The molecule has 2 aromatic carbocycles. The highest BCUT2D eigenvalue weighted by atomic mass is 16.5. The Labute approximate surface area is 155 Å². The number of aromatic hydroxyl groups is 1. The van der Waals surface area contributed by atoms with Crippen LogP contribution in [0.25, 0.3) is 0 Å². The van der Waals surface area contributed by atoms with Crippen LogP contribution >= 0.6 is 0 Å². The topological polar surface area (TPSA) is 49.8 Å². The van der Waals surface area contributed by atoms with Crippen LogP contribution in [0.15, 0.2) is 48.5 Å². The van der Waals surface area contributed by atoms with Crippen molar-refractivity contribution in [2.45, 2.75) is 38.5 Å². The molecule has 2 aromatic rings. The number of nitrogens with zero attached hydrogens (tertiary/aromatic N) is 1. The summed E-state index contributed by atoms with van der Waals surface area (Å²) in [6.45, 7) is 4.38. The summed E-state index contributed by atoms with van der Waals surface area (Å²) >= 11 is 0. The lowest BCUT2D eigenvalue weighted by Gasteiger charge is -2.32. The van der Waals surface area contributed by atoms with Crippen molar-refractivity contribution < 1.29 is 14.6 Å². The van der Waals surface area contributed by atoms with Crippen LogP contribution in [-0.4, -0.2) is 35.6 Å². The first-order chi connectivity index (χ1) is 12.7. The van der Waals surface area contributed by atoms with Gasteiger partial charge in [0.25, 0.3) is 5.91 Å². The zero-order valence-corrected chi connectivity index (χ0v) is 15.4. The van der Waals surface area contributed by atoms with Crippen molar-refractivity contribution in [2.75, 3.05) is 19.7 Å². The molecule has 0 unspecified atom stereocenters. The standard InChI is InChI=1S/C22H27NO3/c1-2-3-16-26-21-10-6-19(7-11-21)22(25)23-14-12-18(13-15-23)17-4-8-20(24)9-5-17/h4-11,18,24H,2-3,12-16H2,1H3. The van der Waals surface area contributed by atoms with Crippen LogP contribution in [0, 0.1) is 0 Å². The lowest BCUT2D eigenvalue weighted by molar-refractivity contribution is 0.0713. The summed E-state index contributed by atoms with van der Waals surface area (Å²) in [5, 5.41) is 9.41. The first-order valence-electron chi connectivity index (χ1n) is 9.48. The Morgan fingerprint density at radius 2 is 1.73 bits per heavy atom. The summed E-state index contributed by atoms with van der Waals surface area (Å²) in [6.07, 6.45) is 4.05. The Hall–Kier alpha value is -2.49. The number of hydrogen-bond acceptors (Lipinski definition) is 3. The van der Waals surface area contributed by atoms with Crippen molar-refractivity contribution in [1.29, 1.82) is 0 Å². The van der Waals surface area contributed by atoms with E-state index in [9.17, 15) is 9.90 Å². The van der Waals surface area contributed by atoms with Crippen molar-refractivity contribution in [1.82, 2.24) is 4.90 Å². The molecule has 0 saturated carbocycles. The number of phenols is 1. The van der Waals surface area contributed by atoms with Gasteiger partial charge in [0.05, 0.1) is 6.61 Å². The van der Waals surface area contributed by atoms with Crippen LogP contribution in [0.3, 0.4) is 0 Å². The molecule has 1 aliphatic rings. The van der Waals surface area contributed by atoms with E-state index in [1.54, 1.807) is 12.1 Å². The minimum absolute atomic E-state index is 0.0919. The minimum atomic E-state index is 0.0919. The first-order valence-corrected chi connectivity index (χ1v) is 9.48. The van der Waals surface area contributed by atoms with E-state index in [0.29, 0.717) is 18.3 Å². The van der Waals surface area contributed by atoms with E-state index in [2.05, 4.69) is 6.92 Å². The number of likely N-dealkylation sites (tertiary alicyclic amines) is 1.